The van der Waals surface area contributed by atoms with Crippen LogP contribution < -0.4 is 0 Å². The number of benzene rings is 1. The molecule has 0 N–H and O–H groups in total. The maximum absolute atomic E-state index is 12.3. The zero-order valence-electron chi connectivity index (χ0n) is 14.3. The average molecular weight is 341 g/mol. The molecular weight excluding hydrogens is 318 g/mol. The van der Waals surface area contributed by atoms with Crippen molar-refractivity contribution in [1.82, 2.24) is 15.0 Å². The van der Waals surface area contributed by atoms with Gasteiger partial charge in [0.2, 0.25) is 5.89 Å². The molecule has 1 atom stereocenters. The molecule has 6 nitrogen and oxygen atoms in total. The molecule has 1 saturated heterocycles. The van der Waals surface area contributed by atoms with E-state index in [2.05, 4.69) is 10.1 Å². The average Bonchev–Trinajstić information content (AvgIpc) is 3.40. The molecule has 1 aliphatic carbocycles. The first-order valence-corrected chi connectivity index (χ1v) is 9.06. The van der Waals surface area contributed by atoms with Crippen molar-refractivity contribution >= 4 is 6.09 Å². The minimum atomic E-state index is -0.238. The van der Waals surface area contributed by atoms with Crippen molar-refractivity contribution in [1.29, 1.82) is 0 Å². The van der Waals surface area contributed by atoms with Gasteiger partial charge in [-0.15, -0.1) is 0 Å². The summed E-state index contributed by atoms with van der Waals surface area (Å²) in [5.41, 5.74) is 1.00. The van der Waals surface area contributed by atoms with Gasteiger partial charge in [0.1, 0.15) is 6.61 Å². The molecule has 1 unspecified atom stereocenters. The first-order valence-electron chi connectivity index (χ1n) is 9.06. The molecule has 1 amide bonds. The molecule has 2 aliphatic rings. The lowest BCUT2D eigenvalue weighted by Crippen LogP contribution is -2.40. The van der Waals surface area contributed by atoms with Crippen molar-refractivity contribution in [2.45, 2.75) is 44.6 Å². The van der Waals surface area contributed by atoms with Gasteiger partial charge in [-0.3, -0.25) is 0 Å². The number of hydrogen-bond acceptors (Lipinski definition) is 5. The Balaban J connectivity index is 1.28. The highest BCUT2D eigenvalue weighted by atomic mass is 16.6. The summed E-state index contributed by atoms with van der Waals surface area (Å²) in [5, 5.41) is 4.07. The zero-order valence-corrected chi connectivity index (χ0v) is 14.3. The third kappa shape index (κ3) is 4.18. The summed E-state index contributed by atoms with van der Waals surface area (Å²) >= 11 is 0. The van der Waals surface area contributed by atoms with Gasteiger partial charge < -0.3 is 14.2 Å². The number of ether oxygens (including phenoxy) is 1. The largest absolute Gasteiger partial charge is 0.445 e. The fourth-order valence-electron chi connectivity index (χ4n) is 3.31. The van der Waals surface area contributed by atoms with Gasteiger partial charge in [-0.2, -0.15) is 4.98 Å². The second-order valence-electron chi connectivity index (χ2n) is 7.02. The molecule has 6 heteroatoms. The number of likely N-dealkylation sites (tertiary alicyclic amines) is 1. The Labute approximate surface area is 147 Å². The number of aromatic nitrogens is 2. The summed E-state index contributed by atoms with van der Waals surface area (Å²) in [6.45, 7) is 1.76. The van der Waals surface area contributed by atoms with E-state index < -0.39 is 0 Å². The Morgan fingerprint density at radius 2 is 2.08 bits per heavy atom. The fraction of sp³-hybridized carbons (Fsp3) is 0.526. The van der Waals surface area contributed by atoms with E-state index in [-0.39, 0.29) is 6.09 Å². The molecule has 1 aromatic heterocycles. The smallest absolute Gasteiger partial charge is 0.410 e. The lowest BCUT2D eigenvalue weighted by molar-refractivity contribution is 0.0780. The molecule has 1 saturated carbocycles. The zero-order chi connectivity index (χ0) is 17.1. The lowest BCUT2D eigenvalue weighted by atomic mass is 9.95. The van der Waals surface area contributed by atoms with Crippen molar-refractivity contribution < 1.29 is 14.1 Å². The maximum Gasteiger partial charge on any atom is 0.410 e. The number of hydrogen-bond donors (Lipinski definition) is 0. The molecule has 25 heavy (non-hydrogen) atoms. The van der Waals surface area contributed by atoms with Crippen molar-refractivity contribution in [3.8, 4) is 0 Å². The molecule has 132 valence electrons. The predicted octanol–water partition coefficient (Wildman–Crippen LogP) is 3.54. The molecule has 1 aliphatic heterocycles. The van der Waals surface area contributed by atoms with Crippen molar-refractivity contribution in [3.05, 3.63) is 47.6 Å². The van der Waals surface area contributed by atoms with Crippen LogP contribution in [-0.4, -0.2) is 34.2 Å². The SMILES string of the molecule is O=C(OCc1ccccc1)N1CCCC(Cc2nc(C3CC3)no2)C1. The Kier molecular flexibility index (Phi) is 4.68. The van der Waals surface area contributed by atoms with Gasteiger partial charge in [-0.25, -0.2) is 4.79 Å². The second-order valence-corrected chi connectivity index (χ2v) is 7.02. The van der Waals surface area contributed by atoms with Crippen LogP contribution in [0.3, 0.4) is 0 Å². The molecule has 2 aromatic rings. The van der Waals surface area contributed by atoms with Gasteiger partial charge in [0, 0.05) is 25.4 Å². The number of rotatable bonds is 5. The monoisotopic (exact) mass is 341 g/mol. The minimum Gasteiger partial charge on any atom is -0.445 e. The first kappa shape index (κ1) is 16.1. The summed E-state index contributed by atoms with van der Waals surface area (Å²) in [6.07, 6.45) is 4.89. The number of amides is 1. The summed E-state index contributed by atoms with van der Waals surface area (Å²) < 4.78 is 10.8. The normalized spacial score (nSPS) is 20.5. The molecule has 0 bridgehead atoms. The van der Waals surface area contributed by atoms with Gasteiger partial charge in [0.25, 0.3) is 0 Å². The van der Waals surface area contributed by atoms with E-state index in [0.29, 0.717) is 30.9 Å². The predicted molar refractivity (Wildman–Crippen MR) is 90.9 cm³/mol. The molecule has 0 radical (unpaired) electrons. The van der Waals surface area contributed by atoms with E-state index >= 15 is 0 Å². The van der Waals surface area contributed by atoms with Gasteiger partial charge in [-0.1, -0.05) is 35.5 Å². The molecule has 4 rings (SSSR count). The van der Waals surface area contributed by atoms with Crippen LogP contribution in [0.15, 0.2) is 34.9 Å². The van der Waals surface area contributed by atoms with E-state index in [1.54, 1.807) is 4.90 Å². The fourth-order valence-corrected chi connectivity index (χ4v) is 3.31. The Morgan fingerprint density at radius 3 is 2.88 bits per heavy atom. The van der Waals surface area contributed by atoms with Crippen LogP contribution >= 0.6 is 0 Å². The Morgan fingerprint density at radius 1 is 1.24 bits per heavy atom. The second kappa shape index (κ2) is 7.25. The van der Waals surface area contributed by atoms with E-state index in [0.717, 1.165) is 37.2 Å². The number of nitrogens with zero attached hydrogens (tertiary/aromatic N) is 3. The summed E-state index contributed by atoms with van der Waals surface area (Å²) in [7, 11) is 0. The highest BCUT2D eigenvalue weighted by Gasteiger charge is 2.30. The Hall–Kier alpha value is -2.37. The maximum atomic E-state index is 12.3. The molecule has 2 fully saturated rings. The van der Waals surface area contributed by atoms with Crippen molar-refractivity contribution in [3.63, 3.8) is 0 Å². The van der Waals surface area contributed by atoms with Gasteiger partial charge >= 0.3 is 6.09 Å². The topological polar surface area (TPSA) is 68.5 Å². The van der Waals surface area contributed by atoms with Crippen LogP contribution in [0.1, 0.15) is 48.9 Å². The molecule has 1 aromatic carbocycles. The number of piperidine rings is 1. The van der Waals surface area contributed by atoms with Crippen LogP contribution in [-0.2, 0) is 17.8 Å². The summed E-state index contributed by atoms with van der Waals surface area (Å²) in [5.74, 6) is 2.41. The van der Waals surface area contributed by atoms with Crippen molar-refractivity contribution in [2.24, 2.45) is 5.92 Å². The highest BCUT2D eigenvalue weighted by molar-refractivity contribution is 5.67. The highest BCUT2D eigenvalue weighted by Crippen LogP contribution is 2.38. The van der Waals surface area contributed by atoms with E-state index in [4.69, 9.17) is 9.26 Å². The van der Waals surface area contributed by atoms with Crippen LogP contribution in [0.4, 0.5) is 4.79 Å². The standard InChI is InChI=1S/C19H23N3O3/c23-19(24-13-14-5-2-1-3-6-14)22-10-4-7-15(12-22)11-17-20-18(21-25-17)16-8-9-16/h1-3,5-6,15-16H,4,7-13H2. The quantitative estimate of drug-likeness (QED) is 0.832. The third-order valence-electron chi connectivity index (χ3n) is 4.87. The summed E-state index contributed by atoms with van der Waals surface area (Å²) in [4.78, 5) is 18.6. The van der Waals surface area contributed by atoms with Gasteiger partial charge in [0.15, 0.2) is 5.82 Å². The number of carbonyl (C=O) groups is 1. The van der Waals surface area contributed by atoms with Gasteiger partial charge in [0.05, 0.1) is 0 Å². The third-order valence-corrected chi connectivity index (χ3v) is 4.87. The van der Waals surface area contributed by atoms with Crippen molar-refractivity contribution in [2.75, 3.05) is 13.1 Å². The van der Waals surface area contributed by atoms with E-state index in [9.17, 15) is 4.79 Å². The molecule has 0 spiro atoms. The minimum absolute atomic E-state index is 0.238. The van der Waals surface area contributed by atoms with Crippen LogP contribution in [0.5, 0.6) is 0 Å². The Bertz CT molecular complexity index is 712. The molecule has 2 heterocycles. The van der Waals surface area contributed by atoms with Gasteiger partial charge in [-0.05, 0) is 37.2 Å². The first-order chi connectivity index (χ1) is 12.3. The summed E-state index contributed by atoms with van der Waals surface area (Å²) in [6, 6.07) is 9.76. The van der Waals surface area contributed by atoms with Crippen LogP contribution in [0.2, 0.25) is 0 Å². The number of carbonyl (C=O) groups excluding carboxylic acids is 1. The lowest BCUT2D eigenvalue weighted by Gasteiger charge is -2.31. The molecular formula is C19H23N3O3. The van der Waals surface area contributed by atoms with E-state index in [1.807, 2.05) is 30.3 Å². The van der Waals surface area contributed by atoms with Crippen LogP contribution in [0, 0.1) is 5.92 Å². The van der Waals surface area contributed by atoms with Crippen LogP contribution in [0.25, 0.3) is 0 Å². The van der Waals surface area contributed by atoms with E-state index in [1.165, 1.54) is 12.8 Å².